The molecule has 2 nitrogen and oxygen atoms in total. The number of benzene rings is 1. The molecule has 0 spiro atoms. The zero-order chi connectivity index (χ0) is 11.5. The van der Waals surface area contributed by atoms with Crippen LogP contribution in [-0.2, 0) is 0 Å². The first kappa shape index (κ1) is 12.0. The number of hydrogen-bond acceptors (Lipinski definition) is 2. The molecule has 0 aliphatic carbocycles. The van der Waals surface area contributed by atoms with Crippen molar-refractivity contribution in [1.29, 1.82) is 0 Å². The fraction of sp³-hybridized carbons (Fsp3) is 0.167. The third-order valence-corrected chi connectivity index (χ3v) is 3.97. The number of nitrogens with one attached hydrogen (secondary N) is 1. The van der Waals surface area contributed by atoms with Crippen molar-refractivity contribution in [2.24, 2.45) is 0 Å². The Hall–Kier alpha value is -0.520. The molecule has 1 aromatic heterocycles. The normalized spacial score (nSPS) is 12.7. The summed E-state index contributed by atoms with van der Waals surface area (Å²) < 4.78 is 6.46. The van der Waals surface area contributed by atoms with Crippen LogP contribution in [0.3, 0.4) is 0 Å². The van der Waals surface area contributed by atoms with E-state index in [0.717, 1.165) is 19.9 Å². The Labute approximate surface area is 113 Å². The zero-order valence-electron chi connectivity index (χ0n) is 8.71. The van der Waals surface area contributed by atoms with E-state index in [1.807, 2.05) is 31.3 Å². The van der Waals surface area contributed by atoms with Gasteiger partial charge in [-0.3, -0.25) is 0 Å². The first-order chi connectivity index (χ1) is 7.72. The average Bonchev–Trinajstić information content (AvgIpc) is 2.78. The predicted molar refractivity (Wildman–Crippen MR) is 73.8 cm³/mol. The standard InChI is InChI=1S/C12H11ClINO/c1-15-12(11-3-2-6-16-11)8-4-5-10(14)9(13)7-8/h2-7,12,15H,1H3. The van der Waals surface area contributed by atoms with Gasteiger partial charge in [0.25, 0.3) is 0 Å². The second-order valence-corrected chi connectivity index (χ2v) is 4.98. The Morgan fingerprint density at radius 2 is 2.19 bits per heavy atom. The molecule has 0 aliphatic heterocycles. The van der Waals surface area contributed by atoms with E-state index in [4.69, 9.17) is 16.0 Å². The largest absolute Gasteiger partial charge is 0.467 e. The lowest BCUT2D eigenvalue weighted by molar-refractivity contribution is 0.463. The molecular formula is C12H11ClINO. The molecule has 4 heteroatoms. The third kappa shape index (κ3) is 2.42. The number of halogens is 2. The Kier molecular flexibility index (Phi) is 3.89. The Bertz CT molecular complexity index is 470. The Morgan fingerprint density at radius 1 is 1.38 bits per heavy atom. The van der Waals surface area contributed by atoms with Crippen molar-refractivity contribution < 1.29 is 4.42 Å². The molecule has 0 aliphatic rings. The minimum absolute atomic E-state index is 0.0458. The molecule has 2 aromatic rings. The summed E-state index contributed by atoms with van der Waals surface area (Å²) in [6.07, 6.45) is 1.67. The van der Waals surface area contributed by atoms with Crippen LogP contribution in [0.4, 0.5) is 0 Å². The first-order valence-corrected chi connectivity index (χ1v) is 6.33. The summed E-state index contributed by atoms with van der Waals surface area (Å²) in [6, 6.07) is 9.90. The van der Waals surface area contributed by atoms with E-state index in [0.29, 0.717) is 0 Å². The highest BCUT2D eigenvalue weighted by Crippen LogP contribution is 2.27. The van der Waals surface area contributed by atoms with E-state index >= 15 is 0 Å². The van der Waals surface area contributed by atoms with Gasteiger partial charge in [-0.1, -0.05) is 17.7 Å². The van der Waals surface area contributed by atoms with Crippen LogP contribution in [0.15, 0.2) is 41.0 Å². The Balaban J connectivity index is 2.37. The van der Waals surface area contributed by atoms with E-state index in [2.05, 4.69) is 34.0 Å². The minimum Gasteiger partial charge on any atom is -0.467 e. The molecule has 84 valence electrons. The molecule has 0 amide bonds. The molecule has 1 N–H and O–H groups in total. The molecule has 1 heterocycles. The minimum atomic E-state index is 0.0458. The summed E-state index contributed by atoms with van der Waals surface area (Å²) in [5, 5.41) is 3.98. The summed E-state index contributed by atoms with van der Waals surface area (Å²) in [5.74, 6) is 0.889. The fourth-order valence-electron chi connectivity index (χ4n) is 1.62. The molecule has 1 atom stereocenters. The zero-order valence-corrected chi connectivity index (χ0v) is 11.6. The quantitative estimate of drug-likeness (QED) is 0.853. The van der Waals surface area contributed by atoms with Crippen molar-refractivity contribution in [3.05, 3.63) is 56.5 Å². The van der Waals surface area contributed by atoms with Gasteiger partial charge in [0.1, 0.15) is 5.76 Å². The van der Waals surface area contributed by atoms with E-state index in [9.17, 15) is 0 Å². The highest BCUT2D eigenvalue weighted by Gasteiger charge is 2.15. The van der Waals surface area contributed by atoms with Crippen LogP contribution in [0, 0.1) is 3.57 Å². The van der Waals surface area contributed by atoms with Crippen molar-refractivity contribution in [2.45, 2.75) is 6.04 Å². The maximum atomic E-state index is 6.11. The van der Waals surface area contributed by atoms with Crippen LogP contribution < -0.4 is 5.32 Å². The number of rotatable bonds is 3. The maximum absolute atomic E-state index is 6.11. The highest BCUT2D eigenvalue weighted by atomic mass is 127. The van der Waals surface area contributed by atoms with E-state index in [1.54, 1.807) is 6.26 Å². The predicted octanol–water partition coefficient (Wildman–Crippen LogP) is 3.85. The van der Waals surface area contributed by atoms with Crippen molar-refractivity contribution in [1.82, 2.24) is 5.32 Å². The van der Waals surface area contributed by atoms with Crippen molar-refractivity contribution >= 4 is 34.2 Å². The van der Waals surface area contributed by atoms with Gasteiger partial charge in [-0.2, -0.15) is 0 Å². The maximum Gasteiger partial charge on any atom is 0.125 e. The van der Waals surface area contributed by atoms with Gasteiger partial charge in [0.2, 0.25) is 0 Å². The van der Waals surface area contributed by atoms with Crippen molar-refractivity contribution in [3.8, 4) is 0 Å². The highest BCUT2D eigenvalue weighted by molar-refractivity contribution is 14.1. The SMILES string of the molecule is CNC(c1ccc(I)c(Cl)c1)c1ccco1. The second-order valence-electron chi connectivity index (χ2n) is 3.41. The molecule has 0 bridgehead atoms. The smallest absolute Gasteiger partial charge is 0.125 e. The van der Waals surface area contributed by atoms with E-state index in [1.165, 1.54) is 0 Å². The molecule has 16 heavy (non-hydrogen) atoms. The van der Waals surface area contributed by atoms with Crippen molar-refractivity contribution in [2.75, 3.05) is 7.05 Å². The lowest BCUT2D eigenvalue weighted by atomic mass is 10.1. The summed E-state index contributed by atoms with van der Waals surface area (Å²) in [5.41, 5.74) is 1.10. The molecular weight excluding hydrogens is 336 g/mol. The molecule has 2 rings (SSSR count). The van der Waals surface area contributed by atoms with Gasteiger partial charge in [0.05, 0.1) is 17.3 Å². The monoisotopic (exact) mass is 347 g/mol. The van der Waals surface area contributed by atoms with E-state index < -0.39 is 0 Å². The van der Waals surface area contributed by atoms with Crippen LogP contribution in [0.25, 0.3) is 0 Å². The van der Waals surface area contributed by atoms with Crippen LogP contribution in [0.2, 0.25) is 5.02 Å². The van der Waals surface area contributed by atoms with Gasteiger partial charge < -0.3 is 9.73 Å². The fourth-order valence-corrected chi connectivity index (χ4v) is 2.15. The molecule has 0 radical (unpaired) electrons. The summed E-state index contributed by atoms with van der Waals surface area (Å²) >= 11 is 8.32. The lowest BCUT2D eigenvalue weighted by Crippen LogP contribution is -2.16. The summed E-state index contributed by atoms with van der Waals surface area (Å²) in [6.45, 7) is 0. The number of hydrogen-bond donors (Lipinski definition) is 1. The topological polar surface area (TPSA) is 25.2 Å². The van der Waals surface area contributed by atoms with E-state index in [-0.39, 0.29) is 6.04 Å². The van der Waals surface area contributed by atoms with Crippen LogP contribution in [0.1, 0.15) is 17.4 Å². The van der Waals surface area contributed by atoms with Crippen LogP contribution >= 0.6 is 34.2 Å². The molecule has 0 saturated heterocycles. The second kappa shape index (κ2) is 5.21. The van der Waals surface area contributed by atoms with Crippen LogP contribution in [-0.4, -0.2) is 7.05 Å². The first-order valence-electron chi connectivity index (χ1n) is 4.88. The van der Waals surface area contributed by atoms with Gasteiger partial charge >= 0.3 is 0 Å². The van der Waals surface area contributed by atoms with Crippen molar-refractivity contribution in [3.63, 3.8) is 0 Å². The van der Waals surface area contributed by atoms with Gasteiger partial charge in [0.15, 0.2) is 0 Å². The van der Waals surface area contributed by atoms with Crippen LogP contribution in [0.5, 0.6) is 0 Å². The number of furan rings is 1. The van der Waals surface area contributed by atoms with Gasteiger partial charge in [-0.05, 0) is 59.5 Å². The molecule has 0 fully saturated rings. The molecule has 1 unspecified atom stereocenters. The summed E-state index contributed by atoms with van der Waals surface area (Å²) in [4.78, 5) is 0. The Morgan fingerprint density at radius 3 is 2.75 bits per heavy atom. The molecule has 1 aromatic carbocycles. The average molecular weight is 348 g/mol. The third-order valence-electron chi connectivity index (χ3n) is 2.39. The summed E-state index contributed by atoms with van der Waals surface area (Å²) in [7, 11) is 1.90. The lowest BCUT2D eigenvalue weighted by Gasteiger charge is -2.14. The van der Waals surface area contributed by atoms with Gasteiger partial charge in [-0.15, -0.1) is 0 Å². The van der Waals surface area contributed by atoms with Gasteiger partial charge in [0, 0.05) is 3.57 Å². The molecule has 0 saturated carbocycles. The van der Waals surface area contributed by atoms with Gasteiger partial charge in [-0.25, -0.2) is 0 Å².